The first kappa shape index (κ1) is 28.5. The van der Waals surface area contributed by atoms with Crippen molar-refractivity contribution in [2.24, 2.45) is 0 Å². The molecule has 1 saturated heterocycles. The quantitative estimate of drug-likeness (QED) is 0.169. The second-order valence-corrected chi connectivity index (χ2v) is 12.3. The van der Waals surface area contributed by atoms with Gasteiger partial charge in [-0.15, -0.1) is 11.6 Å². The molecule has 2 heterocycles. The van der Waals surface area contributed by atoms with E-state index < -0.39 is 70.3 Å². The number of alkyl halides is 2. The lowest BCUT2D eigenvalue weighted by Gasteiger charge is -2.34. The fourth-order valence-electron chi connectivity index (χ4n) is 2.97. The number of hydrogen-bond donors (Lipinski definition) is 6. The second kappa shape index (κ2) is 9.36. The summed E-state index contributed by atoms with van der Waals surface area (Å²) in [5, 5.41) is 10.6. The van der Waals surface area contributed by atoms with Crippen molar-refractivity contribution in [3.8, 4) is 0 Å². The van der Waals surface area contributed by atoms with Crippen molar-refractivity contribution in [2.45, 2.75) is 42.8 Å². The lowest BCUT2D eigenvalue weighted by molar-refractivity contribution is -0.118. The average Bonchev–Trinajstić information content (AvgIpc) is 2.83. The SMILES string of the molecule is CC(C)(OP(=O)(O)OP(=O)(O)OP(=O)(O)O)C1O[C@@H](n2ccc(=O)[nH]c2=O)C(Cl)(CF)[C@H]1O. The number of phosphoric acid groups is 3. The lowest BCUT2D eigenvalue weighted by Crippen LogP contribution is -2.50. The normalized spacial score (nSPS) is 30.0. The third kappa shape index (κ3) is 6.67. The molecule has 0 saturated carbocycles. The lowest BCUT2D eigenvalue weighted by atomic mass is 9.91. The van der Waals surface area contributed by atoms with Gasteiger partial charge in [0.15, 0.2) is 6.23 Å². The minimum Gasteiger partial charge on any atom is -0.388 e. The highest BCUT2D eigenvalue weighted by atomic mass is 35.5. The van der Waals surface area contributed by atoms with Crippen molar-refractivity contribution in [1.29, 1.82) is 0 Å². The smallest absolute Gasteiger partial charge is 0.388 e. The predicted octanol–water partition coefficient (Wildman–Crippen LogP) is -0.136. The molecule has 6 N–H and O–H groups in total. The zero-order valence-corrected chi connectivity index (χ0v) is 20.0. The van der Waals surface area contributed by atoms with Crippen LogP contribution in [0.4, 0.5) is 4.39 Å². The topological polar surface area (TPSA) is 244 Å². The van der Waals surface area contributed by atoms with Gasteiger partial charge in [-0.05, 0) is 13.8 Å². The molecule has 0 amide bonds. The molecule has 0 bridgehead atoms. The van der Waals surface area contributed by atoms with Crippen molar-refractivity contribution >= 4 is 35.1 Å². The van der Waals surface area contributed by atoms with Crippen LogP contribution in [0.1, 0.15) is 20.1 Å². The maximum atomic E-state index is 13.9. The van der Waals surface area contributed by atoms with E-state index in [0.29, 0.717) is 4.57 Å². The molecule has 21 heteroatoms. The largest absolute Gasteiger partial charge is 0.490 e. The Labute approximate surface area is 188 Å². The Hall–Kier alpha value is -0.770. The standard InChI is InChI=1S/C12H19ClFN2O14P3/c1-11(2,28-32(23,24)30-33(25,26)29-31(20,21)22)8-7(18)12(13,5-14)9(27-8)16-4-3-6(17)15-10(16)19/h3-4,7-9,18H,5H2,1-2H3,(H,23,24)(H,25,26)(H,15,17,19)(H2,20,21,22)/t7-,8?,9+,12?/m0/s1. The molecule has 1 aliphatic rings. The van der Waals surface area contributed by atoms with Crippen molar-refractivity contribution in [3.63, 3.8) is 0 Å². The highest BCUT2D eigenvalue weighted by Gasteiger charge is 2.62. The van der Waals surface area contributed by atoms with E-state index in [1.54, 1.807) is 0 Å². The van der Waals surface area contributed by atoms with Gasteiger partial charge in [-0.2, -0.15) is 8.62 Å². The number of hydrogen-bond acceptors (Lipinski definition) is 10. The molecule has 1 fully saturated rings. The van der Waals surface area contributed by atoms with Gasteiger partial charge in [-0.25, -0.2) is 22.9 Å². The van der Waals surface area contributed by atoms with Crippen LogP contribution in [-0.4, -0.2) is 63.6 Å². The Morgan fingerprint density at radius 1 is 1.21 bits per heavy atom. The van der Waals surface area contributed by atoms with Gasteiger partial charge in [0.2, 0.25) is 0 Å². The van der Waals surface area contributed by atoms with Crippen LogP contribution in [-0.2, 0) is 31.6 Å². The zero-order valence-electron chi connectivity index (χ0n) is 16.5. The fourth-order valence-corrected chi connectivity index (χ4v) is 6.58. The first-order chi connectivity index (χ1) is 14.7. The summed E-state index contributed by atoms with van der Waals surface area (Å²) in [6.45, 7) is 0.452. The van der Waals surface area contributed by atoms with Crippen LogP contribution in [0.2, 0.25) is 0 Å². The van der Waals surface area contributed by atoms with E-state index in [9.17, 15) is 42.6 Å². The predicted molar refractivity (Wildman–Crippen MR) is 105 cm³/mol. The number of ether oxygens (including phenoxy) is 1. The van der Waals surface area contributed by atoms with E-state index in [2.05, 4.69) is 8.62 Å². The van der Waals surface area contributed by atoms with E-state index >= 15 is 0 Å². The molecular weight excluding hydrogens is 544 g/mol. The second-order valence-electron chi connectivity index (χ2n) is 7.22. The third-order valence-electron chi connectivity index (χ3n) is 4.22. The first-order valence-electron chi connectivity index (χ1n) is 8.47. The number of rotatable bonds is 9. The van der Waals surface area contributed by atoms with E-state index in [1.807, 2.05) is 4.98 Å². The van der Waals surface area contributed by atoms with Gasteiger partial charge in [-0.1, -0.05) is 0 Å². The number of aromatic amines is 1. The molecule has 0 aliphatic carbocycles. The number of nitrogens with one attached hydrogen (secondary N) is 1. The Morgan fingerprint density at radius 2 is 1.79 bits per heavy atom. The van der Waals surface area contributed by atoms with Crippen LogP contribution in [0, 0.1) is 0 Å². The summed E-state index contributed by atoms with van der Waals surface area (Å²) in [5.41, 5.74) is -4.09. The Bertz CT molecular complexity index is 1150. The van der Waals surface area contributed by atoms with Gasteiger partial charge in [-0.3, -0.25) is 18.9 Å². The number of phosphoric ester groups is 1. The molecule has 1 aromatic rings. The number of aromatic nitrogens is 2. The van der Waals surface area contributed by atoms with E-state index in [1.165, 1.54) is 0 Å². The number of H-pyrrole nitrogens is 1. The fraction of sp³-hybridized carbons (Fsp3) is 0.667. The molecule has 0 radical (unpaired) electrons. The van der Waals surface area contributed by atoms with Crippen LogP contribution in [0.25, 0.3) is 0 Å². The highest BCUT2D eigenvalue weighted by molar-refractivity contribution is 7.66. The van der Waals surface area contributed by atoms with E-state index in [4.69, 9.17) is 30.6 Å². The minimum atomic E-state index is -5.84. The number of nitrogens with zero attached hydrogens (tertiary/aromatic N) is 1. The monoisotopic (exact) mass is 562 g/mol. The summed E-state index contributed by atoms with van der Waals surface area (Å²) in [4.78, 5) is 59.0. The van der Waals surface area contributed by atoms with Gasteiger partial charge >= 0.3 is 29.2 Å². The van der Waals surface area contributed by atoms with Crippen molar-refractivity contribution in [1.82, 2.24) is 9.55 Å². The molecule has 0 aromatic carbocycles. The van der Waals surface area contributed by atoms with Crippen molar-refractivity contribution in [3.05, 3.63) is 33.1 Å². The van der Waals surface area contributed by atoms with E-state index in [0.717, 1.165) is 26.1 Å². The maximum absolute atomic E-state index is 13.9. The van der Waals surface area contributed by atoms with Crippen LogP contribution in [0.3, 0.4) is 0 Å². The average molecular weight is 563 g/mol. The van der Waals surface area contributed by atoms with Crippen LogP contribution < -0.4 is 11.2 Å². The van der Waals surface area contributed by atoms with Crippen LogP contribution in [0.5, 0.6) is 0 Å². The van der Waals surface area contributed by atoms with Gasteiger partial charge in [0.1, 0.15) is 29.4 Å². The van der Waals surface area contributed by atoms with Gasteiger partial charge < -0.3 is 29.4 Å². The minimum absolute atomic E-state index is 0.637. The summed E-state index contributed by atoms with van der Waals surface area (Å²) in [6, 6.07) is 0.872. The van der Waals surface area contributed by atoms with Crippen molar-refractivity contribution in [2.75, 3.05) is 6.67 Å². The van der Waals surface area contributed by atoms with Crippen LogP contribution in [0.15, 0.2) is 21.9 Å². The van der Waals surface area contributed by atoms with E-state index in [-0.39, 0.29) is 0 Å². The summed E-state index contributed by atoms with van der Waals surface area (Å²) >= 11 is 6.16. The van der Waals surface area contributed by atoms with Gasteiger partial charge in [0.05, 0.1) is 0 Å². The first-order valence-corrected chi connectivity index (χ1v) is 13.4. The van der Waals surface area contributed by atoms with Crippen LogP contribution >= 0.6 is 35.1 Å². The summed E-state index contributed by atoms with van der Waals surface area (Å²) in [5.74, 6) is 0. The molecular formula is C12H19ClFN2O14P3. The molecule has 1 aliphatic heterocycles. The summed E-state index contributed by atoms with van der Waals surface area (Å²) < 4.78 is 66.3. The molecule has 2 rings (SSSR count). The summed E-state index contributed by atoms with van der Waals surface area (Å²) in [6.07, 6.45) is -4.74. The Kier molecular flexibility index (Phi) is 8.07. The van der Waals surface area contributed by atoms with Crippen molar-refractivity contribution < 1.29 is 60.6 Å². The molecule has 0 spiro atoms. The molecule has 1 aromatic heterocycles. The maximum Gasteiger partial charge on any atom is 0.490 e. The molecule has 16 nitrogen and oxygen atoms in total. The number of halogens is 2. The third-order valence-corrected chi connectivity index (χ3v) is 8.76. The Balaban J connectivity index is 2.35. The molecule has 190 valence electrons. The molecule has 6 atom stereocenters. The number of aliphatic hydroxyl groups excluding tert-OH is 1. The van der Waals surface area contributed by atoms with Gasteiger partial charge in [0.25, 0.3) is 5.56 Å². The molecule has 33 heavy (non-hydrogen) atoms. The Morgan fingerprint density at radius 3 is 2.27 bits per heavy atom. The van der Waals surface area contributed by atoms with Gasteiger partial charge in [0, 0.05) is 12.3 Å². The number of aliphatic hydroxyl groups is 1. The highest BCUT2D eigenvalue weighted by Crippen LogP contribution is 2.67. The molecule has 4 unspecified atom stereocenters. The zero-order chi connectivity index (χ0) is 25.6. The summed E-state index contributed by atoms with van der Waals surface area (Å²) in [7, 11) is -17.2.